The Morgan fingerprint density at radius 3 is 2.14 bits per heavy atom. The molecule has 1 N–H and O–H groups in total. The predicted molar refractivity (Wildman–Crippen MR) is 121 cm³/mol. The predicted octanol–water partition coefficient (Wildman–Crippen LogP) is 5.06. The lowest BCUT2D eigenvalue weighted by Gasteiger charge is -2.32. The van der Waals surface area contributed by atoms with Gasteiger partial charge in [0.25, 0.3) is 0 Å². The summed E-state index contributed by atoms with van der Waals surface area (Å²) in [5.41, 5.74) is 0.378. The molecule has 1 atom stereocenters. The van der Waals surface area contributed by atoms with Crippen molar-refractivity contribution in [1.82, 2.24) is 5.32 Å². The number of hydrogen-bond acceptors (Lipinski definition) is 5. The van der Waals surface area contributed by atoms with Crippen LogP contribution in [-0.4, -0.2) is 33.9 Å². The number of fused-ring (bicyclic) bond motifs is 1. The van der Waals surface area contributed by atoms with E-state index in [1.165, 1.54) is 7.11 Å². The zero-order valence-electron chi connectivity index (χ0n) is 18.7. The van der Waals surface area contributed by atoms with E-state index in [0.717, 1.165) is 31.2 Å². The van der Waals surface area contributed by atoms with Crippen LogP contribution < -0.4 is 14.8 Å². The van der Waals surface area contributed by atoms with Gasteiger partial charge in [-0.25, -0.2) is 8.42 Å². The van der Waals surface area contributed by atoms with Gasteiger partial charge in [-0.1, -0.05) is 51.0 Å². The summed E-state index contributed by atoms with van der Waals surface area (Å²) in [6.45, 7) is 8.70. The molecular weight excluding hydrogens is 386 g/mol. The number of hydrogen-bond donors (Lipinski definition) is 1. The zero-order valence-corrected chi connectivity index (χ0v) is 19.6. The van der Waals surface area contributed by atoms with E-state index in [9.17, 15) is 8.42 Å². The van der Waals surface area contributed by atoms with Gasteiger partial charge in [-0.15, -0.1) is 0 Å². The van der Waals surface area contributed by atoms with Crippen molar-refractivity contribution in [2.75, 3.05) is 20.0 Å². The van der Waals surface area contributed by atoms with Crippen LogP contribution in [0.3, 0.4) is 0 Å². The summed E-state index contributed by atoms with van der Waals surface area (Å²) in [5.74, 6) is 1.13. The van der Waals surface area contributed by atoms with Gasteiger partial charge >= 0.3 is 0 Å². The van der Waals surface area contributed by atoms with Crippen LogP contribution in [0, 0.1) is 0 Å². The largest absolute Gasteiger partial charge is 0.493 e. The third-order valence-electron chi connectivity index (χ3n) is 5.20. The average molecular weight is 424 g/mol. The van der Waals surface area contributed by atoms with E-state index in [4.69, 9.17) is 9.47 Å². The molecule has 1 aliphatic rings. The van der Waals surface area contributed by atoms with Crippen molar-refractivity contribution < 1.29 is 17.9 Å². The van der Waals surface area contributed by atoms with E-state index in [1.54, 1.807) is 19.2 Å². The molecule has 164 valence electrons. The summed E-state index contributed by atoms with van der Waals surface area (Å²) in [7, 11) is -0.311. The van der Waals surface area contributed by atoms with E-state index in [1.807, 2.05) is 38.2 Å². The van der Waals surface area contributed by atoms with Crippen molar-refractivity contribution in [3.63, 3.8) is 0 Å². The smallest absolute Gasteiger partial charge is 0.180 e. The molecule has 5 nitrogen and oxygen atoms in total. The Labute approximate surface area is 177 Å². The average Bonchev–Trinajstić information content (AvgIpc) is 2.84. The zero-order chi connectivity index (χ0) is 21.9. The highest BCUT2D eigenvalue weighted by Gasteiger charge is 2.38. The van der Waals surface area contributed by atoms with Gasteiger partial charge in [-0.05, 0) is 38.3 Å². The summed E-state index contributed by atoms with van der Waals surface area (Å²) in [6, 6.07) is 3.36. The van der Waals surface area contributed by atoms with Gasteiger partial charge in [0.1, 0.15) is 0 Å². The van der Waals surface area contributed by atoms with Crippen molar-refractivity contribution >= 4 is 9.84 Å². The molecule has 0 unspecified atom stereocenters. The summed E-state index contributed by atoms with van der Waals surface area (Å²) in [4.78, 5) is 0.356. The second-order valence-corrected chi connectivity index (χ2v) is 9.17. The fourth-order valence-electron chi connectivity index (χ4n) is 3.41. The number of allylic oxidation sites excluding steroid dienone is 4. The normalized spacial score (nSPS) is 20.6. The molecule has 6 heteroatoms. The Morgan fingerprint density at radius 2 is 1.66 bits per heavy atom. The molecule has 0 fully saturated rings. The highest BCUT2D eigenvalue weighted by molar-refractivity contribution is 7.91. The molecule has 0 bridgehead atoms. The number of methoxy groups -OCH3 is 2. The van der Waals surface area contributed by atoms with Crippen LogP contribution in [0.2, 0.25) is 0 Å². The van der Waals surface area contributed by atoms with E-state index < -0.39 is 9.84 Å². The lowest BCUT2D eigenvalue weighted by Crippen LogP contribution is -2.48. The summed E-state index contributed by atoms with van der Waals surface area (Å²) < 4.78 is 36.5. The molecule has 0 amide bonds. The van der Waals surface area contributed by atoms with Crippen LogP contribution in [0.15, 0.2) is 41.3 Å². The minimum Gasteiger partial charge on any atom is -0.493 e. The molecular formula is C23H37NO4S. The number of rotatable bonds is 7. The Balaban J connectivity index is 0.000000612. The van der Waals surface area contributed by atoms with Gasteiger partial charge in [0.15, 0.2) is 21.3 Å². The number of ether oxygens (including phenoxy) is 2. The Morgan fingerprint density at radius 1 is 1.07 bits per heavy atom. The summed E-state index contributed by atoms with van der Waals surface area (Å²) in [5, 5.41) is 3.50. The van der Waals surface area contributed by atoms with Crippen molar-refractivity contribution in [2.45, 2.75) is 70.4 Å². The second-order valence-electron chi connectivity index (χ2n) is 7.22. The van der Waals surface area contributed by atoms with E-state index in [-0.39, 0.29) is 11.3 Å². The molecule has 0 saturated heterocycles. The van der Waals surface area contributed by atoms with Gasteiger partial charge in [-0.2, -0.15) is 0 Å². The van der Waals surface area contributed by atoms with E-state index in [2.05, 4.69) is 19.2 Å². The number of nitrogens with one attached hydrogen (secondary N) is 1. The van der Waals surface area contributed by atoms with Crippen LogP contribution in [0.4, 0.5) is 0 Å². The van der Waals surface area contributed by atoms with E-state index in [0.29, 0.717) is 22.9 Å². The molecule has 0 radical (unpaired) electrons. The highest BCUT2D eigenvalue weighted by Crippen LogP contribution is 2.37. The first-order chi connectivity index (χ1) is 13.8. The maximum atomic E-state index is 13.0. The third-order valence-corrected chi connectivity index (χ3v) is 7.19. The second kappa shape index (κ2) is 12.0. The van der Waals surface area contributed by atoms with Crippen LogP contribution >= 0.6 is 0 Å². The topological polar surface area (TPSA) is 64.6 Å². The molecule has 1 heterocycles. The fraction of sp³-hybridized carbons (Fsp3) is 0.565. The summed E-state index contributed by atoms with van der Waals surface area (Å²) >= 11 is 0. The first-order valence-electron chi connectivity index (χ1n) is 10.3. The minimum absolute atomic E-state index is 0.124. The van der Waals surface area contributed by atoms with Gasteiger partial charge in [0.05, 0.1) is 24.9 Å². The molecule has 0 spiro atoms. The third kappa shape index (κ3) is 6.89. The van der Waals surface area contributed by atoms with Crippen molar-refractivity contribution in [1.29, 1.82) is 0 Å². The molecule has 29 heavy (non-hydrogen) atoms. The standard InChI is InChI=1S/C17H27NO4S.C6H10/c1-5-7-8-17(6-2)12-23(19,20)16-10-15(22-4)14(21-3)9-13(16)11-18-17;1-3-5-6-4-2/h9-10,18H,5-8,11-12H2,1-4H3;3-6H,1-2H3/b;5-3-,6-4-/t17-;/m0./s1. The number of benzene rings is 1. The molecule has 0 aliphatic carbocycles. The number of sulfone groups is 1. The first-order valence-corrected chi connectivity index (χ1v) is 11.9. The van der Waals surface area contributed by atoms with Crippen LogP contribution in [-0.2, 0) is 16.4 Å². The lowest BCUT2D eigenvalue weighted by molar-refractivity contribution is 0.313. The summed E-state index contributed by atoms with van der Waals surface area (Å²) in [6.07, 6.45) is 11.7. The molecule has 2 rings (SSSR count). The van der Waals surface area contributed by atoms with Gasteiger partial charge in [0.2, 0.25) is 0 Å². The Bertz CT molecular complexity index is 789. The maximum Gasteiger partial charge on any atom is 0.180 e. The van der Waals surface area contributed by atoms with Crippen LogP contribution in [0.1, 0.15) is 58.9 Å². The monoisotopic (exact) mass is 423 g/mol. The number of unbranched alkanes of at least 4 members (excludes halogenated alkanes) is 1. The Hall–Kier alpha value is -1.79. The SMILES string of the molecule is C/C=C\C=C/C.CCCC[C@@]1(CC)CS(=O)(=O)c2cc(OC)c(OC)cc2CN1. The maximum absolute atomic E-state index is 13.0. The van der Waals surface area contributed by atoms with Crippen LogP contribution in [0.5, 0.6) is 11.5 Å². The minimum atomic E-state index is -3.38. The highest BCUT2D eigenvalue weighted by atomic mass is 32.2. The quantitative estimate of drug-likeness (QED) is 0.621. The van der Waals surface area contributed by atoms with E-state index >= 15 is 0 Å². The molecule has 0 aromatic heterocycles. The fourth-order valence-corrected chi connectivity index (χ4v) is 5.56. The van der Waals surface area contributed by atoms with Crippen LogP contribution in [0.25, 0.3) is 0 Å². The van der Waals surface area contributed by atoms with Gasteiger partial charge in [-0.3, -0.25) is 0 Å². The molecule has 1 aromatic rings. The first kappa shape index (κ1) is 25.2. The van der Waals surface area contributed by atoms with Crippen molar-refractivity contribution in [3.05, 3.63) is 42.0 Å². The van der Waals surface area contributed by atoms with Crippen molar-refractivity contribution in [3.8, 4) is 11.5 Å². The molecule has 1 aromatic carbocycles. The molecule has 1 aliphatic heterocycles. The Kier molecular flexibility index (Phi) is 10.5. The molecule has 0 saturated carbocycles. The van der Waals surface area contributed by atoms with Gasteiger partial charge < -0.3 is 14.8 Å². The lowest BCUT2D eigenvalue weighted by atomic mass is 9.91. The van der Waals surface area contributed by atoms with Gasteiger partial charge in [0, 0.05) is 18.2 Å². The van der Waals surface area contributed by atoms with Crippen molar-refractivity contribution in [2.24, 2.45) is 0 Å².